The third-order valence-corrected chi connectivity index (χ3v) is 4.16. The van der Waals surface area contributed by atoms with E-state index in [0.29, 0.717) is 6.61 Å². The summed E-state index contributed by atoms with van der Waals surface area (Å²) in [5.41, 5.74) is 0. The summed E-state index contributed by atoms with van der Waals surface area (Å²) in [7, 11) is 0. The van der Waals surface area contributed by atoms with E-state index < -0.39 is 6.16 Å². The second kappa shape index (κ2) is 13.4. The summed E-state index contributed by atoms with van der Waals surface area (Å²) in [4.78, 5) is 10.5. The monoisotopic (exact) mass is 352 g/mol. The SMILES string of the molecule is CCCCCCCCCCCCCOc1cccc(OC(=O)O)c1O. The summed E-state index contributed by atoms with van der Waals surface area (Å²) in [6, 6.07) is 4.58. The highest BCUT2D eigenvalue weighted by Gasteiger charge is 2.12. The maximum absolute atomic E-state index is 10.5. The molecule has 0 aliphatic carbocycles. The average molecular weight is 352 g/mol. The Kier molecular flexibility index (Phi) is 11.3. The number of phenolic OH excluding ortho intramolecular Hbond substituents is 1. The number of carbonyl (C=O) groups is 1. The lowest BCUT2D eigenvalue weighted by molar-refractivity contribution is 0.142. The number of rotatable bonds is 14. The van der Waals surface area contributed by atoms with Crippen LogP contribution in [-0.2, 0) is 0 Å². The molecule has 0 radical (unpaired) electrons. The van der Waals surface area contributed by atoms with Crippen molar-refractivity contribution in [1.29, 1.82) is 0 Å². The van der Waals surface area contributed by atoms with Crippen molar-refractivity contribution in [2.75, 3.05) is 6.61 Å². The van der Waals surface area contributed by atoms with Crippen molar-refractivity contribution in [2.45, 2.75) is 77.6 Å². The predicted octanol–water partition coefficient (Wildman–Crippen LogP) is 6.14. The fourth-order valence-corrected chi connectivity index (χ4v) is 2.74. The number of ether oxygens (including phenoxy) is 2. The van der Waals surface area contributed by atoms with Crippen LogP contribution in [0.3, 0.4) is 0 Å². The molecular formula is C20H32O5. The predicted molar refractivity (Wildman–Crippen MR) is 98.7 cm³/mol. The van der Waals surface area contributed by atoms with E-state index in [2.05, 4.69) is 11.7 Å². The first-order chi connectivity index (χ1) is 12.1. The van der Waals surface area contributed by atoms with E-state index in [1.54, 1.807) is 12.1 Å². The second-order valence-corrected chi connectivity index (χ2v) is 6.35. The molecule has 0 saturated heterocycles. The Labute approximate surface area is 151 Å². The summed E-state index contributed by atoms with van der Waals surface area (Å²) in [6.45, 7) is 2.74. The fourth-order valence-electron chi connectivity index (χ4n) is 2.74. The Morgan fingerprint density at radius 2 is 1.40 bits per heavy atom. The highest BCUT2D eigenvalue weighted by atomic mass is 16.7. The first-order valence-electron chi connectivity index (χ1n) is 9.50. The molecule has 0 saturated carbocycles. The average Bonchev–Trinajstić information content (AvgIpc) is 2.58. The number of phenols is 1. The van der Waals surface area contributed by atoms with Gasteiger partial charge >= 0.3 is 6.16 Å². The van der Waals surface area contributed by atoms with Crippen molar-refractivity contribution in [1.82, 2.24) is 0 Å². The van der Waals surface area contributed by atoms with Gasteiger partial charge in [0.25, 0.3) is 0 Å². The minimum Gasteiger partial charge on any atom is -0.502 e. The summed E-state index contributed by atoms with van der Waals surface area (Å²) in [5, 5.41) is 18.5. The van der Waals surface area contributed by atoms with Gasteiger partial charge in [-0.2, -0.15) is 0 Å². The van der Waals surface area contributed by atoms with Crippen LogP contribution in [0.25, 0.3) is 0 Å². The Bertz CT molecular complexity index is 487. The van der Waals surface area contributed by atoms with Crippen LogP contribution in [0.4, 0.5) is 4.79 Å². The molecule has 2 N–H and O–H groups in total. The molecule has 5 heteroatoms. The minimum atomic E-state index is -1.46. The summed E-state index contributed by atoms with van der Waals surface area (Å²) < 4.78 is 10.0. The molecule has 5 nitrogen and oxygen atoms in total. The van der Waals surface area contributed by atoms with E-state index >= 15 is 0 Å². The van der Waals surface area contributed by atoms with Crippen LogP contribution < -0.4 is 9.47 Å². The topological polar surface area (TPSA) is 76.0 Å². The molecule has 0 aromatic heterocycles. The van der Waals surface area contributed by atoms with Crippen LogP contribution in [0.1, 0.15) is 77.6 Å². The lowest BCUT2D eigenvalue weighted by Crippen LogP contribution is -2.04. The van der Waals surface area contributed by atoms with E-state index in [4.69, 9.17) is 9.84 Å². The highest BCUT2D eigenvalue weighted by Crippen LogP contribution is 2.35. The van der Waals surface area contributed by atoms with Crippen LogP contribution in [-0.4, -0.2) is 23.0 Å². The third-order valence-electron chi connectivity index (χ3n) is 4.16. The number of hydrogen-bond acceptors (Lipinski definition) is 4. The molecule has 0 fully saturated rings. The number of aromatic hydroxyl groups is 1. The first kappa shape index (κ1) is 21.1. The molecule has 1 rings (SSSR count). The highest BCUT2D eigenvalue weighted by molar-refractivity contribution is 5.64. The van der Waals surface area contributed by atoms with Crippen molar-refractivity contribution in [3.8, 4) is 17.2 Å². The molecule has 0 heterocycles. The Balaban J connectivity index is 2.06. The van der Waals surface area contributed by atoms with Crippen molar-refractivity contribution in [3.63, 3.8) is 0 Å². The van der Waals surface area contributed by atoms with Crippen LogP contribution >= 0.6 is 0 Å². The van der Waals surface area contributed by atoms with Gasteiger partial charge in [0.1, 0.15) is 0 Å². The van der Waals surface area contributed by atoms with E-state index in [1.807, 2.05) is 0 Å². The number of para-hydroxylation sites is 1. The second-order valence-electron chi connectivity index (χ2n) is 6.35. The normalized spacial score (nSPS) is 10.6. The van der Waals surface area contributed by atoms with Crippen LogP contribution in [0.15, 0.2) is 18.2 Å². The molecule has 0 atom stereocenters. The van der Waals surface area contributed by atoms with E-state index in [9.17, 15) is 9.90 Å². The summed E-state index contributed by atoms with van der Waals surface area (Å²) in [6.07, 6.45) is 12.4. The zero-order chi connectivity index (χ0) is 18.3. The largest absolute Gasteiger partial charge is 0.511 e. The Morgan fingerprint density at radius 1 is 0.880 bits per heavy atom. The molecule has 0 aliphatic heterocycles. The number of hydrogen-bond donors (Lipinski definition) is 2. The molecule has 0 bridgehead atoms. The molecular weight excluding hydrogens is 320 g/mol. The number of benzene rings is 1. The van der Waals surface area contributed by atoms with Crippen LogP contribution in [0.2, 0.25) is 0 Å². The van der Waals surface area contributed by atoms with Gasteiger partial charge in [0.05, 0.1) is 6.61 Å². The Morgan fingerprint density at radius 3 is 1.96 bits per heavy atom. The van der Waals surface area contributed by atoms with Gasteiger partial charge in [-0.05, 0) is 18.6 Å². The van der Waals surface area contributed by atoms with Gasteiger partial charge in [-0.1, -0.05) is 77.2 Å². The van der Waals surface area contributed by atoms with Crippen LogP contribution in [0.5, 0.6) is 17.2 Å². The number of carboxylic acid groups (broad SMARTS) is 1. The molecule has 0 aliphatic rings. The molecule has 0 unspecified atom stereocenters. The molecule has 25 heavy (non-hydrogen) atoms. The van der Waals surface area contributed by atoms with Gasteiger partial charge in [0, 0.05) is 0 Å². The third kappa shape index (κ3) is 9.85. The zero-order valence-electron chi connectivity index (χ0n) is 15.3. The van der Waals surface area contributed by atoms with Gasteiger partial charge in [0.2, 0.25) is 5.75 Å². The van der Waals surface area contributed by atoms with E-state index in [-0.39, 0.29) is 17.2 Å². The molecule has 0 spiro atoms. The Hall–Kier alpha value is -1.91. The van der Waals surface area contributed by atoms with E-state index in [0.717, 1.165) is 12.8 Å². The van der Waals surface area contributed by atoms with Gasteiger partial charge < -0.3 is 19.7 Å². The summed E-state index contributed by atoms with van der Waals surface area (Å²) >= 11 is 0. The molecule has 1 aromatic rings. The fraction of sp³-hybridized carbons (Fsp3) is 0.650. The lowest BCUT2D eigenvalue weighted by atomic mass is 10.1. The quantitative estimate of drug-likeness (QED) is 0.239. The maximum Gasteiger partial charge on any atom is 0.511 e. The standard InChI is InChI=1S/C20H32O5/c1-2-3-4-5-6-7-8-9-10-11-12-16-24-17-14-13-15-18(19(17)21)25-20(22)23/h13-15,21H,2-12,16H2,1H3,(H,22,23). The van der Waals surface area contributed by atoms with Gasteiger partial charge in [-0.3, -0.25) is 0 Å². The molecule has 1 aromatic carbocycles. The van der Waals surface area contributed by atoms with Crippen molar-refractivity contribution in [2.24, 2.45) is 0 Å². The van der Waals surface area contributed by atoms with Gasteiger partial charge in [-0.25, -0.2) is 4.79 Å². The van der Waals surface area contributed by atoms with Gasteiger partial charge in [-0.15, -0.1) is 0 Å². The van der Waals surface area contributed by atoms with Crippen molar-refractivity contribution >= 4 is 6.16 Å². The minimum absolute atomic E-state index is 0.107. The van der Waals surface area contributed by atoms with Crippen molar-refractivity contribution < 1.29 is 24.5 Å². The first-order valence-corrected chi connectivity index (χ1v) is 9.50. The lowest BCUT2D eigenvalue weighted by Gasteiger charge is -2.10. The van der Waals surface area contributed by atoms with Crippen LogP contribution in [0, 0.1) is 0 Å². The molecule has 142 valence electrons. The zero-order valence-corrected chi connectivity index (χ0v) is 15.3. The maximum atomic E-state index is 10.5. The smallest absolute Gasteiger partial charge is 0.502 e. The number of unbranched alkanes of at least 4 members (excludes halogenated alkanes) is 10. The summed E-state index contributed by atoms with van der Waals surface area (Å²) in [5.74, 6) is -0.122. The van der Waals surface area contributed by atoms with Crippen molar-refractivity contribution in [3.05, 3.63) is 18.2 Å². The molecule has 0 amide bonds. The van der Waals surface area contributed by atoms with Gasteiger partial charge in [0.15, 0.2) is 11.5 Å². The van der Waals surface area contributed by atoms with E-state index in [1.165, 1.54) is 63.9 Å².